The topological polar surface area (TPSA) is 66.1 Å². The molecule has 0 unspecified atom stereocenters. The molecule has 0 radical (unpaired) electrons. The summed E-state index contributed by atoms with van der Waals surface area (Å²) in [6, 6.07) is 8.92. The van der Waals surface area contributed by atoms with Gasteiger partial charge in [0.2, 0.25) is 5.88 Å². The largest absolute Gasteiger partial charge is 0.436 e. The van der Waals surface area contributed by atoms with Gasteiger partial charge in [-0.15, -0.1) is 0 Å². The summed E-state index contributed by atoms with van der Waals surface area (Å²) < 4.78 is 18.8. The van der Waals surface area contributed by atoms with Crippen molar-refractivity contribution in [3.63, 3.8) is 0 Å². The molecule has 0 saturated carbocycles. The lowest BCUT2D eigenvalue weighted by molar-refractivity contribution is 0.281. The van der Waals surface area contributed by atoms with Gasteiger partial charge in [0.15, 0.2) is 11.6 Å². The zero-order chi connectivity index (χ0) is 13.0. The van der Waals surface area contributed by atoms with Crippen molar-refractivity contribution in [2.45, 2.75) is 6.61 Å². The summed E-state index contributed by atoms with van der Waals surface area (Å²) in [7, 11) is 0. The van der Waals surface area contributed by atoms with Crippen molar-refractivity contribution < 1.29 is 14.2 Å². The number of rotatable bonds is 3. The van der Waals surface area contributed by atoms with Crippen LogP contribution in [-0.2, 0) is 6.61 Å². The quantitative estimate of drug-likeness (QED) is 0.900. The van der Waals surface area contributed by atoms with E-state index in [4.69, 9.17) is 15.1 Å². The Balaban J connectivity index is 2.20. The Kier molecular flexibility index (Phi) is 3.51. The van der Waals surface area contributed by atoms with Gasteiger partial charge < -0.3 is 9.84 Å². The molecular weight excluding hydrogens is 235 g/mol. The Hall–Kier alpha value is -2.45. The predicted molar refractivity (Wildman–Crippen MR) is 61.3 cm³/mol. The fraction of sp³-hybridized carbons (Fsp3) is 0.0769. The van der Waals surface area contributed by atoms with Gasteiger partial charge in [-0.3, -0.25) is 0 Å². The van der Waals surface area contributed by atoms with E-state index in [1.165, 1.54) is 24.4 Å². The Morgan fingerprint density at radius 2 is 2.17 bits per heavy atom. The Labute approximate surface area is 103 Å². The van der Waals surface area contributed by atoms with Crippen LogP contribution in [0.1, 0.15) is 11.1 Å². The van der Waals surface area contributed by atoms with Gasteiger partial charge in [0.05, 0.1) is 18.2 Å². The van der Waals surface area contributed by atoms with Crippen LogP contribution in [0.5, 0.6) is 11.6 Å². The van der Waals surface area contributed by atoms with Crippen molar-refractivity contribution in [2.75, 3.05) is 0 Å². The molecule has 18 heavy (non-hydrogen) atoms. The van der Waals surface area contributed by atoms with Crippen molar-refractivity contribution in [1.29, 1.82) is 5.26 Å². The summed E-state index contributed by atoms with van der Waals surface area (Å²) in [6.07, 6.45) is 1.44. The summed E-state index contributed by atoms with van der Waals surface area (Å²) in [5.74, 6) is -0.406. The third kappa shape index (κ3) is 2.62. The van der Waals surface area contributed by atoms with Crippen LogP contribution < -0.4 is 4.74 Å². The van der Waals surface area contributed by atoms with Crippen molar-refractivity contribution in [1.82, 2.24) is 4.98 Å². The number of benzene rings is 1. The van der Waals surface area contributed by atoms with Crippen molar-refractivity contribution in [3.8, 4) is 17.7 Å². The average Bonchev–Trinajstić information content (AvgIpc) is 2.42. The van der Waals surface area contributed by atoms with Crippen LogP contribution in [-0.4, -0.2) is 10.1 Å². The number of aromatic nitrogens is 1. The number of ether oxygens (including phenoxy) is 1. The monoisotopic (exact) mass is 244 g/mol. The van der Waals surface area contributed by atoms with E-state index in [9.17, 15) is 4.39 Å². The molecule has 0 fully saturated rings. The smallest absolute Gasteiger partial charge is 0.219 e. The highest BCUT2D eigenvalue weighted by atomic mass is 19.1. The third-order valence-corrected chi connectivity index (χ3v) is 2.26. The lowest BCUT2D eigenvalue weighted by atomic mass is 10.2. The summed E-state index contributed by atoms with van der Waals surface area (Å²) >= 11 is 0. The normalized spacial score (nSPS) is 9.83. The number of aliphatic hydroxyl groups excluding tert-OH is 1. The van der Waals surface area contributed by atoms with E-state index < -0.39 is 5.82 Å². The van der Waals surface area contributed by atoms with Gasteiger partial charge >= 0.3 is 0 Å². The maximum absolute atomic E-state index is 13.5. The molecular formula is C13H9FN2O2. The fourth-order valence-corrected chi connectivity index (χ4v) is 1.33. The highest BCUT2D eigenvalue weighted by molar-refractivity contribution is 5.37. The minimum absolute atomic E-state index is 0.00162. The van der Waals surface area contributed by atoms with Crippen LogP contribution in [0.15, 0.2) is 36.5 Å². The summed E-state index contributed by atoms with van der Waals surface area (Å²) in [6.45, 7) is -0.113. The summed E-state index contributed by atoms with van der Waals surface area (Å²) in [4.78, 5) is 3.91. The number of pyridine rings is 1. The second-order valence-electron chi connectivity index (χ2n) is 3.52. The van der Waals surface area contributed by atoms with Crippen LogP contribution >= 0.6 is 0 Å². The van der Waals surface area contributed by atoms with Crippen LogP contribution in [0.3, 0.4) is 0 Å². The molecule has 0 aliphatic heterocycles. The van der Waals surface area contributed by atoms with Gasteiger partial charge in [0, 0.05) is 12.3 Å². The minimum Gasteiger partial charge on any atom is -0.436 e. The lowest BCUT2D eigenvalue weighted by Gasteiger charge is -2.06. The number of aliphatic hydroxyl groups is 1. The van der Waals surface area contributed by atoms with E-state index in [2.05, 4.69) is 4.98 Å². The van der Waals surface area contributed by atoms with Gasteiger partial charge in [0.25, 0.3) is 0 Å². The first-order valence-electron chi connectivity index (χ1n) is 5.16. The predicted octanol–water partition coefficient (Wildman–Crippen LogP) is 2.38. The fourth-order valence-electron chi connectivity index (χ4n) is 1.33. The molecule has 0 aliphatic rings. The van der Waals surface area contributed by atoms with Crippen LogP contribution in [0, 0.1) is 17.1 Å². The zero-order valence-corrected chi connectivity index (χ0v) is 9.30. The maximum Gasteiger partial charge on any atom is 0.219 e. The molecule has 5 heteroatoms. The molecule has 0 amide bonds. The summed E-state index contributed by atoms with van der Waals surface area (Å²) in [5.41, 5.74) is 0.867. The van der Waals surface area contributed by atoms with Crippen LogP contribution in [0.25, 0.3) is 0 Å². The minimum atomic E-state index is -0.623. The van der Waals surface area contributed by atoms with E-state index in [0.29, 0.717) is 5.56 Å². The maximum atomic E-state index is 13.5. The number of nitrogens with zero attached hydrogens (tertiary/aromatic N) is 2. The highest BCUT2D eigenvalue weighted by Gasteiger charge is 2.06. The van der Waals surface area contributed by atoms with Gasteiger partial charge in [0.1, 0.15) is 0 Å². The number of nitriles is 1. The summed E-state index contributed by atoms with van der Waals surface area (Å²) in [5, 5.41) is 17.5. The van der Waals surface area contributed by atoms with Crippen molar-refractivity contribution in [2.24, 2.45) is 0 Å². The first kappa shape index (κ1) is 12.0. The van der Waals surface area contributed by atoms with Crippen LogP contribution in [0.2, 0.25) is 0 Å². The van der Waals surface area contributed by atoms with Crippen molar-refractivity contribution >= 4 is 0 Å². The average molecular weight is 244 g/mol. The van der Waals surface area contributed by atoms with E-state index in [-0.39, 0.29) is 23.8 Å². The molecule has 0 bridgehead atoms. The van der Waals surface area contributed by atoms with E-state index in [1.807, 2.05) is 6.07 Å². The zero-order valence-electron chi connectivity index (χ0n) is 9.30. The standard InChI is InChI=1S/C13H9FN2O2/c14-11-5-9(6-15)1-3-12(11)18-13-4-2-10(8-17)7-16-13/h1-5,7,17H,8H2. The Morgan fingerprint density at radius 1 is 1.33 bits per heavy atom. The third-order valence-electron chi connectivity index (χ3n) is 2.26. The number of hydrogen-bond donors (Lipinski definition) is 1. The van der Waals surface area contributed by atoms with E-state index >= 15 is 0 Å². The molecule has 90 valence electrons. The number of halogens is 1. The molecule has 0 spiro atoms. The molecule has 1 N–H and O–H groups in total. The molecule has 1 aromatic heterocycles. The molecule has 4 nitrogen and oxygen atoms in total. The number of hydrogen-bond acceptors (Lipinski definition) is 4. The lowest BCUT2D eigenvalue weighted by Crippen LogP contribution is -1.92. The molecule has 2 aromatic rings. The highest BCUT2D eigenvalue weighted by Crippen LogP contribution is 2.23. The molecule has 1 aromatic carbocycles. The van der Waals surface area contributed by atoms with Crippen molar-refractivity contribution in [3.05, 3.63) is 53.5 Å². The van der Waals surface area contributed by atoms with E-state index in [0.717, 1.165) is 6.07 Å². The molecule has 0 aliphatic carbocycles. The van der Waals surface area contributed by atoms with Gasteiger partial charge in [-0.05, 0) is 29.8 Å². The van der Waals surface area contributed by atoms with Crippen LogP contribution in [0.4, 0.5) is 4.39 Å². The molecule has 0 saturated heterocycles. The molecule has 2 rings (SSSR count). The van der Waals surface area contributed by atoms with Gasteiger partial charge in [-0.1, -0.05) is 0 Å². The SMILES string of the molecule is N#Cc1ccc(Oc2ccc(CO)cn2)c(F)c1. The second kappa shape index (κ2) is 5.25. The Bertz CT molecular complexity index is 591. The van der Waals surface area contributed by atoms with Gasteiger partial charge in [-0.2, -0.15) is 5.26 Å². The first-order chi connectivity index (χ1) is 8.72. The second-order valence-corrected chi connectivity index (χ2v) is 3.52. The van der Waals surface area contributed by atoms with Gasteiger partial charge in [-0.25, -0.2) is 9.37 Å². The molecule has 1 heterocycles. The Morgan fingerprint density at radius 3 is 2.72 bits per heavy atom. The van der Waals surface area contributed by atoms with E-state index in [1.54, 1.807) is 6.07 Å². The molecule has 0 atom stereocenters. The first-order valence-corrected chi connectivity index (χ1v) is 5.16.